The first-order chi connectivity index (χ1) is 5.81. The fraction of sp³-hybridized carbons (Fsp3) is 1.00. The lowest BCUT2D eigenvalue weighted by molar-refractivity contribution is 0.343. The molecule has 0 saturated heterocycles. The molecule has 0 amide bonds. The molecule has 0 rings (SSSR count). The second-order valence-corrected chi connectivity index (χ2v) is 3.92. The molecule has 3 heteroatoms. The normalized spacial score (nSPS) is 11.0. The van der Waals surface area contributed by atoms with E-state index in [-0.39, 0.29) is 0 Å². The van der Waals surface area contributed by atoms with Crippen LogP contribution >= 0.6 is 12.0 Å². The summed E-state index contributed by atoms with van der Waals surface area (Å²) in [6.07, 6.45) is 3.91. The number of nitrogens with zero attached hydrogens (tertiary/aromatic N) is 1. The molecule has 0 atom stereocenters. The van der Waals surface area contributed by atoms with Gasteiger partial charge in [-0.3, -0.25) is 0 Å². The van der Waals surface area contributed by atoms with Gasteiger partial charge in [0.05, 0.1) is 7.11 Å². The van der Waals surface area contributed by atoms with Gasteiger partial charge in [-0.25, -0.2) is 0 Å². The molecule has 0 spiro atoms. The van der Waals surface area contributed by atoms with Crippen LogP contribution in [0.2, 0.25) is 0 Å². The van der Waals surface area contributed by atoms with Crippen molar-refractivity contribution in [1.82, 2.24) is 4.90 Å². The van der Waals surface area contributed by atoms with Crippen LogP contribution in [0.4, 0.5) is 0 Å². The van der Waals surface area contributed by atoms with Crippen LogP contribution in [0.1, 0.15) is 26.2 Å². The van der Waals surface area contributed by atoms with Gasteiger partial charge in [0.2, 0.25) is 0 Å². The van der Waals surface area contributed by atoms with E-state index in [9.17, 15) is 0 Å². The number of unbranched alkanes of at least 4 members (excludes halogenated alkanes) is 2. The monoisotopic (exact) mass is 191 g/mol. The van der Waals surface area contributed by atoms with Crippen molar-refractivity contribution in [2.45, 2.75) is 26.2 Å². The summed E-state index contributed by atoms with van der Waals surface area (Å²) in [4.78, 5) is 2.35. The molecule has 0 aromatic rings. The molecule has 0 aromatic heterocycles. The smallest absolute Gasteiger partial charge is 0.0503 e. The summed E-state index contributed by atoms with van der Waals surface area (Å²) in [5, 5.41) is 0. The fourth-order valence-corrected chi connectivity index (χ4v) is 1.45. The topological polar surface area (TPSA) is 12.5 Å². The minimum Gasteiger partial charge on any atom is -0.319 e. The average Bonchev–Trinajstić information content (AvgIpc) is 2.10. The van der Waals surface area contributed by atoms with E-state index >= 15 is 0 Å². The Balaban J connectivity index is 2.90. The summed E-state index contributed by atoms with van der Waals surface area (Å²) >= 11 is 1.56. The molecule has 0 unspecified atom stereocenters. The molecule has 0 radical (unpaired) electrons. The van der Waals surface area contributed by atoms with Gasteiger partial charge in [-0.05, 0) is 45.0 Å². The predicted molar refractivity (Wildman–Crippen MR) is 56.5 cm³/mol. The van der Waals surface area contributed by atoms with Crippen molar-refractivity contribution in [2.24, 2.45) is 0 Å². The Morgan fingerprint density at radius 3 is 2.58 bits per heavy atom. The molecule has 0 aliphatic rings. The van der Waals surface area contributed by atoms with Gasteiger partial charge in [0.25, 0.3) is 0 Å². The van der Waals surface area contributed by atoms with Crippen LogP contribution in [0.15, 0.2) is 0 Å². The molecular weight excluding hydrogens is 170 g/mol. The van der Waals surface area contributed by atoms with Gasteiger partial charge in [-0.2, -0.15) is 0 Å². The van der Waals surface area contributed by atoms with Crippen LogP contribution in [0.3, 0.4) is 0 Å². The molecule has 74 valence electrons. The predicted octanol–water partition coefficient (Wildman–Crippen LogP) is 2.40. The third-order valence-corrected chi connectivity index (χ3v) is 2.62. The van der Waals surface area contributed by atoms with Crippen LogP contribution in [0, 0.1) is 0 Å². The summed E-state index contributed by atoms with van der Waals surface area (Å²) in [6, 6.07) is 0. The van der Waals surface area contributed by atoms with E-state index in [1.54, 1.807) is 19.2 Å². The summed E-state index contributed by atoms with van der Waals surface area (Å²) in [7, 11) is 3.90. The van der Waals surface area contributed by atoms with E-state index in [1.807, 2.05) is 0 Å². The first-order valence-corrected chi connectivity index (χ1v) is 5.56. The van der Waals surface area contributed by atoms with Crippen molar-refractivity contribution >= 4 is 12.0 Å². The maximum Gasteiger partial charge on any atom is 0.0503 e. The molecular formula is C9H21NOS. The van der Waals surface area contributed by atoms with Crippen molar-refractivity contribution < 1.29 is 4.18 Å². The third kappa shape index (κ3) is 8.37. The van der Waals surface area contributed by atoms with Crippen molar-refractivity contribution in [3.8, 4) is 0 Å². The van der Waals surface area contributed by atoms with Crippen molar-refractivity contribution in [1.29, 1.82) is 0 Å². The van der Waals surface area contributed by atoms with E-state index in [2.05, 4.69) is 18.9 Å². The lowest BCUT2D eigenvalue weighted by Crippen LogP contribution is -2.18. The van der Waals surface area contributed by atoms with Gasteiger partial charge in [-0.1, -0.05) is 13.3 Å². The van der Waals surface area contributed by atoms with Gasteiger partial charge in [0.1, 0.15) is 0 Å². The second-order valence-electron chi connectivity index (χ2n) is 2.95. The standard InChI is InChI=1S/C9H21NOS/c1-4-10(2)8-6-5-7-9-12-11-3/h4-9H2,1-3H3. The molecule has 0 aliphatic heterocycles. The lowest BCUT2D eigenvalue weighted by Gasteiger charge is -2.12. The Morgan fingerprint density at radius 1 is 1.25 bits per heavy atom. The van der Waals surface area contributed by atoms with Gasteiger partial charge >= 0.3 is 0 Å². The highest BCUT2D eigenvalue weighted by Crippen LogP contribution is 2.05. The zero-order chi connectivity index (χ0) is 9.23. The Kier molecular flexibility index (Phi) is 9.57. The molecule has 0 bridgehead atoms. The Morgan fingerprint density at radius 2 is 2.00 bits per heavy atom. The first kappa shape index (κ1) is 12.3. The van der Waals surface area contributed by atoms with Crippen LogP contribution in [-0.2, 0) is 4.18 Å². The molecule has 2 nitrogen and oxygen atoms in total. The van der Waals surface area contributed by atoms with Gasteiger partial charge in [0, 0.05) is 5.75 Å². The number of hydrogen-bond acceptors (Lipinski definition) is 3. The van der Waals surface area contributed by atoms with E-state index in [0.717, 1.165) is 12.3 Å². The summed E-state index contributed by atoms with van der Waals surface area (Å²) in [6.45, 7) is 4.59. The van der Waals surface area contributed by atoms with E-state index in [0.29, 0.717) is 0 Å². The molecule has 0 saturated carbocycles. The Labute approximate surface area is 80.9 Å². The summed E-state index contributed by atoms with van der Waals surface area (Å²) < 4.78 is 4.90. The Bertz CT molecular complexity index is 90.6. The number of hydrogen-bond donors (Lipinski definition) is 0. The highest BCUT2D eigenvalue weighted by molar-refractivity contribution is 7.94. The van der Waals surface area contributed by atoms with E-state index in [4.69, 9.17) is 4.18 Å². The van der Waals surface area contributed by atoms with Gasteiger partial charge < -0.3 is 9.08 Å². The molecule has 0 aromatic carbocycles. The largest absolute Gasteiger partial charge is 0.319 e. The van der Waals surface area contributed by atoms with Gasteiger partial charge in [0.15, 0.2) is 0 Å². The maximum absolute atomic E-state index is 4.90. The molecule has 0 fully saturated rings. The SMILES string of the molecule is CCN(C)CCCCCSOC. The van der Waals surface area contributed by atoms with Crippen LogP contribution < -0.4 is 0 Å². The highest BCUT2D eigenvalue weighted by Gasteiger charge is 1.94. The van der Waals surface area contributed by atoms with E-state index in [1.165, 1.54) is 25.8 Å². The minimum absolute atomic E-state index is 1.13. The summed E-state index contributed by atoms with van der Waals surface area (Å²) in [5.74, 6) is 1.13. The van der Waals surface area contributed by atoms with Crippen molar-refractivity contribution in [3.63, 3.8) is 0 Å². The van der Waals surface area contributed by atoms with Crippen LogP contribution in [0.5, 0.6) is 0 Å². The van der Waals surface area contributed by atoms with Gasteiger partial charge in [-0.15, -0.1) is 0 Å². The average molecular weight is 191 g/mol. The molecule has 0 N–H and O–H groups in total. The van der Waals surface area contributed by atoms with Crippen LogP contribution in [0.25, 0.3) is 0 Å². The number of rotatable bonds is 8. The molecule has 0 aliphatic carbocycles. The zero-order valence-corrected chi connectivity index (χ0v) is 9.32. The van der Waals surface area contributed by atoms with Crippen molar-refractivity contribution in [2.75, 3.05) is 33.0 Å². The third-order valence-electron chi connectivity index (χ3n) is 1.93. The van der Waals surface area contributed by atoms with Crippen molar-refractivity contribution in [3.05, 3.63) is 0 Å². The first-order valence-electron chi connectivity index (χ1n) is 4.65. The molecule has 12 heavy (non-hydrogen) atoms. The minimum atomic E-state index is 1.13. The summed E-state index contributed by atoms with van der Waals surface area (Å²) in [5.41, 5.74) is 0. The van der Waals surface area contributed by atoms with Crippen LogP contribution in [-0.4, -0.2) is 37.9 Å². The quantitative estimate of drug-likeness (QED) is 0.432. The lowest BCUT2D eigenvalue weighted by atomic mass is 10.2. The van der Waals surface area contributed by atoms with E-state index < -0.39 is 0 Å². The highest BCUT2D eigenvalue weighted by atomic mass is 32.2. The maximum atomic E-state index is 4.90. The zero-order valence-electron chi connectivity index (χ0n) is 8.51. The Hall–Kier alpha value is 0.270. The fourth-order valence-electron chi connectivity index (χ4n) is 0.961. The second kappa shape index (κ2) is 9.36. The molecule has 0 heterocycles.